The van der Waals surface area contributed by atoms with E-state index in [1.807, 2.05) is 0 Å². The number of hydrogen-bond acceptors (Lipinski definition) is 7. The van der Waals surface area contributed by atoms with Crippen LogP contribution in [0, 0.1) is 10.1 Å². The van der Waals surface area contributed by atoms with Crippen LogP contribution < -0.4 is 14.8 Å². The fraction of sp³-hybridized carbons (Fsp3) is 0.357. The summed E-state index contributed by atoms with van der Waals surface area (Å²) in [6.45, 7) is 1.92. The largest absolute Gasteiger partial charge is 0.490 e. The first-order valence-electron chi connectivity index (χ1n) is 12.7. The van der Waals surface area contributed by atoms with E-state index in [1.165, 1.54) is 6.07 Å². The molecule has 2 aromatic rings. The van der Waals surface area contributed by atoms with Crippen molar-refractivity contribution in [3.05, 3.63) is 80.2 Å². The van der Waals surface area contributed by atoms with Crippen LogP contribution in [0.5, 0.6) is 17.2 Å². The minimum Gasteiger partial charge on any atom is -0.490 e. The van der Waals surface area contributed by atoms with Gasteiger partial charge in [0.05, 0.1) is 17.1 Å². The number of nitro benzene ring substituents is 1. The first-order valence-corrected chi connectivity index (χ1v) is 12.7. The number of halogens is 3. The van der Waals surface area contributed by atoms with Gasteiger partial charge in [-0.3, -0.25) is 19.7 Å². The van der Waals surface area contributed by atoms with Gasteiger partial charge in [-0.2, -0.15) is 13.2 Å². The monoisotopic (exact) mass is 542 g/mol. The van der Waals surface area contributed by atoms with Crippen LogP contribution in [-0.4, -0.2) is 23.1 Å². The van der Waals surface area contributed by atoms with E-state index in [0.717, 1.165) is 30.3 Å². The zero-order valence-electron chi connectivity index (χ0n) is 21.0. The number of allylic oxidation sites excluding steroid dienone is 4. The molecule has 0 saturated carbocycles. The molecule has 0 spiro atoms. The van der Waals surface area contributed by atoms with Crippen LogP contribution in [0.4, 0.5) is 18.9 Å². The molecule has 0 bridgehead atoms. The summed E-state index contributed by atoms with van der Waals surface area (Å²) in [5, 5.41) is 14.9. The number of alkyl halides is 3. The Labute approximate surface area is 221 Å². The number of dihydropyridines is 1. The van der Waals surface area contributed by atoms with Gasteiger partial charge in [0.15, 0.2) is 23.1 Å². The van der Waals surface area contributed by atoms with Crippen molar-refractivity contribution in [3.8, 4) is 17.2 Å². The molecule has 1 N–H and O–H groups in total. The Hall–Kier alpha value is -4.15. The predicted octanol–water partition coefficient (Wildman–Crippen LogP) is 6.51. The van der Waals surface area contributed by atoms with Crippen LogP contribution in [0.25, 0.3) is 0 Å². The molecule has 0 unspecified atom stereocenters. The SMILES string of the molecule is CCOc1cc(C2C3=C(CCCC3=O)NC3=C2C(=O)CCC3)ccc1Oc1ccc(C(F)(F)F)cc1[N+](=O)[O-]. The van der Waals surface area contributed by atoms with Crippen LogP contribution in [0.1, 0.15) is 62.5 Å². The minimum atomic E-state index is -4.76. The van der Waals surface area contributed by atoms with Crippen molar-refractivity contribution < 1.29 is 37.2 Å². The average Bonchev–Trinajstić information content (AvgIpc) is 2.88. The summed E-state index contributed by atoms with van der Waals surface area (Å²) >= 11 is 0. The molecule has 11 heteroatoms. The zero-order chi connectivity index (χ0) is 27.9. The normalized spacial score (nSPS) is 17.9. The molecular weight excluding hydrogens is 517 g/mol. The molecule has 0 fully saturated rings. The van der Waals surface area contributed by atoms with Crippen molar-refractivity contribution in [3.63, 3.8) is 0 Å². The van der Waals surface area contributed by atoms with E-state index >= 15 is 0 Å². The Kier molecular flexibility index (Phi) is 6.92. The highest BCUT2D eigenvalue weighted by Gasteiger charge is 2.40. The van der Waals surface area contributed by atoms with E-state index in [9.17, 15) is 32.9 Å². The van der Waals surface area contributed by atoms with Gasteiger partial charge in [-0.05, 0) is 62.4 Å². The fourth-order valence-corrected chi connectivity index (χ4v) is 5.41. The molecule has 0 aromatic heterocycles. The predicted molar refractivity (Wildman–Crippen MR) is 133 cm³/mol. The van der Waals surface area contributed by atoms with E-state index in [4.69, 9.17) is 9.47 Å². The summed E-state index contributed by atoms with van der Waals surface area (Å²) in [5.41, 5.74) is 1.37. The second-order valence-electron chi connectivity index (χ2n) is 9.57. The summed E-state index contributed by atoms with van der Waals surface area (Å²) in [4.78, 5) is 36.8. The summed E-state index contributed by atoms with van der Waals surface area (Å²) < 4.78 is 50.8. The number of ether oxygens (including phenoxy) is 2. The molecule has 2 aromatic carbocycles. The third-order valence-corrected chi connectivity index (χ3v) is 7.10. The molecule has 0 amide bonds. The number of nitrogens with one attached hydrogen (secondary N) is 1. The Morgan fingerprint density at radius 3 is 2.10 bits per heavy atom. The van der Waals surface area contributed by atoms with Gasteiger partial charge in [-0.25, -0.2) is 0 Å². The molecule has 0 atom stereocenters. The highest BCUT2D eigenvalue weighted by atomic mass is 19.4. The molecule has 1 aliphatic heterocycles. The van der Waals surface area contributed by atoms with Gasteiger partial charge in [0.2, 0.25) is 5.75 Å². The Morgan fingerprint density at radius 2 is 1.54 bits per heavy atom. The molecule has 39 heavy (non-hydrogen) atoms. The number of ketones is 2. The van der Waals surface area contributed by atoms with Gasteiger partial charge in [-0.15, -0.1) is 0 Å². The maximum absolute atomic E-state index is 13.1. The van der Waals surface area contributed by atoms with Crippen molar-refractivity contribution in [2.24, 2.45) is 0 Å². The van der Waals surface area contributed by atoms with E-state index in [-0.39, 0.29) is 35.4 Å². The highest BCUT2D eigenvalue weighted by molar-refractivity contribution is 6.06. The molecule has 5 rings (SSSR count). The number of rotatable bonds is 6. The average molecular weight is 543 g/mol. The number of hydrogen-bond donors (Lipinski definition) is 1. The van der Waals surface area contributed by atoms with E-state index in [1.54, 1.807) is 19.1 Å². The van der Waals surface area contributed by atoms with Crippen LogP contribution in [0.2, 0.25) is 0 Å². The number of carbonyl (C=O) groups excluding carboxylic acids is 2. The molecule has 8 nitrogen and oxygen atoms in total. The number of benzene rings is 2. The second kappa shape index (κ2) is 10.2. The summed E-state index contributed by atoms with van der Waals surface area (Å²) in [6.07, 6.45) is -1.17. The number of Topliss-reactive ketones (excluding diaryl/α,β-unsaturated/α-hetero) is 2. The first-order chi connectivity index (χ1) is 18.6. The van der Waals surface area contributed by atoms with E-state index < -0.39 is 28.3 Å². The smallest absolute Gasteiger partial charge is 0.416 e. The van der Waals surface area contributed by atoms with Crippen molar-refractivity contribution in [2.45, 2.75) is 57.5 Å². The molecule has 204 valence electrons. The molecule has 1 heterocycles. The van der Waals surface area contributed by atoms with Crippen LogP contribution in [0.3, 0.4) is 0 Å². The lowest BCUT2D eigenvalue weighted by molar-refractivity contribution is -0.385. The minimum absolute atomic E-state index is 0.0302. The van der Waals surface area contributed by atoms with Crippen molar-refractivity contribution >= 4 is 17.3 Å². The van der Waals surface area contributed by atoms with Crippen LogP contribution in [0.15, 0.2) is 58.9 Å². The third-order valence-electron chi connectivity index (χ3n) is 7.10. The number of carbonyl (C=O) groups is 2. The topological polar surface area (TPSA) is 108 Å². The van der Waals surface area contributed by atoms with Crippen molar-refractivity contribution in [2.75, 3.05) is 6.61 Å². The van der Waals surface area contributed by atoms with Gasteiger partial charge in [0.1, 0.15) is 0 Å². The maximum atomic E-state index is 13.1. The van der Waals surface area contributed by atoms with E-state index in [2.05, 4.69) is 5.32 Å². The number of nitrogens with zero attached hydrogens (tertiary/aromatic N) is 1. The van der Waals surface area contributed by atoms with Crippen LogP contribution >= 0.6 is 0 Å². The molecule has 2 aliphatic carbocycles. The molecule has 0 radical (unpaired) electrons. The lowest BCUT2D eigenvalue weighted by Gasteiger charge is -2.37. The third kappa shape index (κ3) is 5.00. The summed E-state index contributed by atoms with van der Waals surface area (Å²) in [5.74, 6) is -0.812. The Morgan fingerprint density at radius 1 is 0.923 bits per heavy atom. The lowest BCUT2D eigenvalue weighted by atomic mass is 9.71. The van der Waals surface area contributed by atoms with E-state index in [0.29, 0.717) is 54.5 Å². The lowest BCUT2D eigenvalue weighted by Crippen LogP contribution is -2.36. The Balaban J connectivity index is 1.58. The maximum Gasteiger partial charge on any atom is 0.416 e. The summed E-state index contributed by atoms with van der Waals surface area (Å²) in [6, 6.07) is 6.80. The molecule has 3 aliphatic rings. The number of nitro groups is 1. The second-order valence-corrected chi connectivity index (χ2v) is 9.57. The zero-order valence-corrected chi connectivity index (χ0v) is 21.0. The van der Waals surface area contributed by atoms with Crippen molar-refractivity contribution in [1.82, 2.24) is 5.32 Å². The first kappa shape index (κ1) is 26.5. The van der Waals surface area contributed by atoms with Crippen molar-refractivity contribution in [1.29, 1.82) is 0 Å². The van der Waals surface area contributed by atoms with Gasteiger partial charge >= 0.3 is 11.9 Å². The molecule has 0 saturated heterocycles. The van der Waals surface area contributed by atoms with Gasteiger partial charge in [-0.1, -0.05) is 6.07 Å². The van der Waals surface area contributed by atoms with Gasteiger partial charge in [0, 0.05) is 47.4 Å². The highest BCUT2D eigenvalue weighted by Crippen LogP contribution is 2.47. The molecular formula is C28H25F3N2O6. The fourth-order valence-electron chi connectivity index (χ4n) is 5.41. The van der Waals surface area contributed by atoms with Gasteiger partial charge < -0.3 is 14.8 Å². The Bertz CT molecular complexity index is 1400. The van der Waals surface area contributed by atoms with Gasteiger partial charge in [0.25, 0.3) is 0 Å². The quantitative estimate of drug-likeness (QED) is 0.328. The standard InChI is InChI=1S/C28H25F3N2O6/c1-2-38-24-13-15(9-11-23(24)39-22-12-10-16(28(29,30)31)14-19(22)33(36)37)25-26-17(5-3-7-20(26)34)32-18-6-4-8-21(35)27(18)25/h9-14,25,32H,2-8H2,1H3. The summed E-state index contributed by atoms with van der Waals surface area (Å²) in [7, 11) is 0. The van der Waals surface area contributed by atoms with Crippen LogP contribution in [-0.2, 0) is 15.8 Å².